The average molecular weight is 225 g/mol. The predicted molar refractivity (Wildman–Crippen MR) is 61.4 cm³/mol. The molecule has 1 aromatic carbocycles. The van der Waals surface area contributed by atoms with Crippen LogP contribution in [0.4, 0.5) is 14.5 Å². The van der Waals surface area contributed by atoms with Crippen LogP contribution in [-0.2, 0) is 0 Å². The van der Waals surface area contributed by atoms with Crippen molar-refractivity contribution in [2.24, 2.45) is 5.41 Å². The van der Waals surface area contributed by atoms with Crippen molar-refractivity contribution in [2.75, 3.05) is 5.32 Å². The van der Waals surface area contributed by atoms with Gasteiger partial charge in [-0.3, -0.25) is 0 Å². The second kappa shape index (κ2) is 4.04. The van der Waals surface area contributed by atoms with Gasteiger partial charge >= 0.3 is 0 Å². The predicted octanol–water partition coefficient (Wildman–Crippen LogP) is 3.96. The molecule has 1 unspecified atom stereocenters. The number of anilines is 1. The number of hydrogen-bond donors (Lipinski definition) is 1. The molecule has 16 heavy (non-hydrogen) atoms. The van der Waals surface area contributed by atoms with Crippen molar-refractivity contribution in [3.8, 4) is 0 Å². The molecule has 0 saturated heterocycles. The molecule has 1 atom stereocenters. The van der Waals surface area contributed by atoms with Gasteiger partial charge in [0, 0.05) is 6.04 Å². The van der Waals surface area contributed by atoms with E-state index in [-0.39, 0.29) is 17.1 Å². The van der Waals surface area contributed by atoms with Crippen LogP contribution in [0.1, 0.15) is 33.1 Å². The molecule has 1 N–H and O–H groups in total. The van der Waals surface area contributed by atoms with Crippen LogP contribution in [0.25, 0.3) is 0 Å². The summed E-state index contributed by atoms with van der Waals surface area (Å²) in [6.07, 6.45) is 3.03. The van der Waals surface area contributed by atoms with E-state index in [1.807, 2.05) is 0 Å². The number of hydrogen-bond acceptors (Lipinski definition) is 1. The molecular formula is C13H17F2N. The van der Waals surface area contributed by atoms with E-state index in [9.17, 15) is 8.78 Å². The van der Waals surface area contributed by atoms with Crippen LogP contribution in [0, 0.1) is 17.0 Å². The topological polar surface area (TPSA) is 12.0 Å². The summed E-state index contributed by atoms with van der Waals surface area (Å²) in [7, 11) is 0. The minimum atomic E-state index is -0.510. The zero-order chi connectivity index (χ0) is 11.8. The monoisotopic (exact) mass is 225 g/mol. The molecule has 0 spiro atoms. The Bertz CT molecular complexity index is 367. The maximum atomic E-state index is 13.4. The standard InChI is InChI=1S/C13H17F2N/c1-13(2)7-6-9(8-13)16-12-10(14)4-3-5-11(12)15/h3-5,9,16H,6-8H2,1-2H3. The Labute approximate surface area is 94.9 Å². The van der Waals surface area contributed by atoms with E-state index in [0.717, 1.165) is 19.3 Å². The highest BCUT2D eigenvalue weighted by Gasteiger charge is 2.31. The Morgan fingerprint density at radius 3 is 2.38 bits per heavy atom. The first-order valence-electron chi connectivity index (χ1n) is 5.68. The lowest BCUT2D eigenvalue weighted by atomic mass is 9.92. The Hall–Kier alpha value is -1.12. The fraction of sp³-hybridized carbons (Fsp3) is 0.538. The zero-order valence-electron chi connectivity index (χ0n) is 9.69. The van der Waals surface area contributed by atoms with Gasteiger partial charge in [-0.15, -0.1) is 0 Å². The summed E-state index contributed by atoms with van der Waals surface area (Å²) in [4.78, 5) is 0. The van der Waals surface area contributed by atoms with Gasteiger partial charge in [0.05, 0.1) is 0 Å². The SMILES string of the molecule is CC1(C)CCC(Nc2c(F)cccc2F)C1. The van der Waals surface area contributed by atoms with Crippen LogP contribution in [0.3, 0.4) is 0 Å². The van der Waals surface area contributed by atoms with Gasteiger partial charge in [-0.05, 0) is 36.8 Å². The number of halogens is 2. The quantitative estimate of drug-likeness (QED) is 0.803. The Morgan fingerprint density at radius 1 is 1.25 bits per heavy atom. The Kier molecular flexibility index (Phi) is 2.87. The molecule has 2 rings (SSSR count). The lowest BCUT2D eigenvalue weighted by Crippen LogP contribution is -2.19. The van der Waals surface area contributed by atoms with E-state index in [1.165, 1.54) is 18.2 Å². The molecule has 0 aliphatic heterocycles. The molecule has 1 aromatic rings. The molecule has 0 heterocycles. The molecule has 1 aliphatic carbocycles. The summed E-state index contributed by atoms with van der Waals surface area (Å²) in [6.45, 7) is 4.37. The second-order valence-corrected chi connectivity index (χ2v) is 5.34. The summed E-state index contributed by atoms with van der Waals surface area (Å²) in [5.41, 5.74) is 0.296. The lowest BCUT2D eigenvalue weighted by Gasteiger charge is -2.19. The molecule has 88 valence electrons. The van der Waals surface area contributed by atoms with Crippen LogP contribution in [0.15, 0.2) is 18.2 Å². The summed E-state index contributed by atoms with van der Waals surface area (Å²) in [5, 5.41) is 2.98. The first kappa shape index (κ1) is 11.4. The second-order valence-electron chi connectivity index (χ2n) is 5.34. The molecule has 0 radical (unpaired) electrons. The molecule has 1 saturated carbocycles. The number of rotatable bonds is 2. The highest BCUT2D eigenvalue weighted by molar-refractivity contribution is 5.47. The van der Waals surface area contributed by atoms with Crippen molar-refractivity contribution in [1.82, 2.24) is 0 Å². The van der Waals surface area contributed by atoms with Crippen molar-refractivity contribution in [3.63, 3.8) is 0 Å². The third-order valence-electron chi connectivity index (χ3n) is 3.28. The van der Waals surface area contributed by atoms with Gasteiger partial charge in [0.2, 0.25) is 0 Å². The van der Waals surface area contributed by atoms with Crippen LogP contribution < -0.4 is 5.32 Å². The normalized spacial score (nSPS) is 23.4. The van der Waals surface area contributed by atoms with Crippen molar-refractivity contribution < 1.29 is 8.78 Å². The van der Waals surface area contributed by atoms with E-state index in [1.54, 1.807) is 0 Å². The maximum absolute atomic E-state index is 13.4. The highest BCUT2D eigenvalue weighted by atomic mass is 19.1. The highest BCUT2D eigenvalue weighted by Crippen LogP contribution is 2.38. The molecule has 3 heteroatoms. The largest absolute Gasteiger partial charge is 0.378 e. The molecule has 0 amide bonds. The molecule has 0 aromatic heterocycles. The first-order valence-corrected chi connectivity index (χ1v) is 5.68. The first-order chi connectivity index (χ1) is 7.48. The van der Waals surface area contributed by atoms with Gasteiger partial charge in [0.25, 0.3) is 0 Å². The van der Waals surface area contributed by atoms with Gasteiger partial charge in [-0.1, -0.05) is 19.9 Å². The van der Waals surface area contributed by atoms with E-state index in [4.69, 9.17) is 0 Å². The van der Waals surface area contributed by atoms with E-state index >= 15 is 0 Å². The summed E-state index contributed by atoms with van der Waals surface area (Å²) < 4.78 is 26.8. The number of para-hydroxylation sites is 1. The van der Waals surface area contributed by atoms with Crippen molar-refractivity contribution in [2.45, 2.75) is 39.2 Å². The summed E-state index contributed by atoms with van der Waals surface area (Å²) >= 11 is 0. The van der Waals surface area contributed by atoms with Gasteiger partial charge < -0.3 is 5.32 Å². The third-order valence-corrected chi connectivity index (χ3v) is 3.28. The van der Waals surface area contributed by atoms with Crippen molar-refractivity contribution >= 4 is 5.69 Å². The summed E-state index contributed by atoms with van der Waals surface area (Å²) in [5.74, 6) is -1.02. The number of nitrogens with one attached hydrogen (secondary N) is 1. The minimum absolute atomic E-state index is 0.0187. The molecule has 1 aliphatic rings. The third kappa shape index (κ3) is 2.34. The van der Waals surface area contributed by atoms with E-state index in [0.29, 0.717) is 0 Å². The van der Waals surface area contributed by atoms with E-state index < -0.39 is 11.6 Å². The maximum Gasteiger partial charge on any atom is 0.149 e. The molecule has 1 fully saturated rings. The van der Waals surface area contributed by atoms with Gasteiger partial charge in [0.1, 0.15) is 17.3 Å². The van der Waals surface area contributed by atoms with Crippen molar-refractivity contribution in [3.05, 3.63) is 29.8 Å². The van der Waals surface area contributed by atoms with Crippen LogP contribution in [-0.4, -0.2) is 6.04 Å². The van der Waals surface area contributed by atoms with Gasteiger partial charge in [-0.2, -0.15) is 0 Å². The molecule has 1 nitrogen and oxygen atoms in total. The van der Waals surface area contributed by atoms with Crippen LogP contribution >= 0.6 is 0 Å². The lowest BCUT2D eigenvalue weighted by molar-refractivity contribution is 0.378. The average Bonchev–Trinajstić information content (AvgIpc) is 2.52. The minimum Gasteiger partial charge on any atom is -0.378 e. The fourth-order valence-electron chi connectivity index (χ4n) is 2.40. The number of benzene rings is 1. The molecule has 0 bridgehead atoms. The fourth-order valence-corrected chi connectivity index (χ4v) is 2.40. The summed E-state index contributed by atoms with van der Waals surface area (Å²) in [6, 6.07) is 4.13. The Morgan fingerprint density at radius 2 is 1.88 bits per heavy atom. The zero-order valence-corrected chi connectivity index (χ0v) is 9.69. The van der Waals surface area contributed by atoms with Gasteiger partial charge in [-0.25, -0.2) is 8.78 Å². The van der Waals surface area contributed by atoms with Crippen molar-refractivity contribution in [1.29, 1.82) is 0 Å². The smallest absolute Gasteiger partial charge is 0.149 e. The van der Waals surface area contributed by atoms with Crippen LogP contribution in [0.2, 0.25) is 0 Å². The molecular weight excluding hydrogens is 208 g/mol. The van der Waals surface area contributed by atoms with E-state index in [2.05, 4.69) is 19.2 Å². The van der Waals surface area contributed by atoms with Crippen LogP contribution in [0.5, 0.6) is 0 Å². The van der Waals surface area contributed by atoms with Gasteiger partial charge in [0.15, 0.2) is 0 Å². The Balaban J connectivity index is 2.11.